The van der Waals surface area contributed by atoms with E-state index in [-0.39, 0.29) is 5.82 Å². The van der Waals surface area contributed by atoms with Crippen molar-refractivity contribution in [2.24, 2.45) is 0 Å². The zero-order chi connectivity index (χ0) is 14.1. The van der Waals surface area contributed by atoms with E-state index in [0.717, 1.165) is 5.56 Å². The maximum Gasteiger partial charge on any atom is 0.409 e. The normalized spacial score (nSPS) is 21.9. The van der Waals surface area contributed by atoms with Crippen molar-refractivity contribution >= 4 is 6.09 Å². The Morgan fingerprint density at radius 2 is 2.00 bits per heavy atom. The van der Waals surface area contributed by atoms with Crippen molar-refractivity contribution in [3.8, 4) is 0 Å². The fourth-order valence-corrected chi connectivity index (χ4v) is 1.73. The summed E-state index contributed by atoms with van der Waals surface area (Å²) in [7, 11) is 0. The topological polar surface area (TPSA) is 50.9 Å². The Balaban J connectivity index is 1.93. The van der Waals surface area contributed by atoms with Crippen molar-refractivity contribution in [3.63, 3.8) is 0 Å². The minimum Gasteiger partial charge on any atom is -0.444 e. The lowest BCUT2D eigenvalue weighted by Gasteiger charge is -2.22. The second-order valence-corrected chi connectivity index (χ2v) is 5.71. The highest BCUT2D eigenvalue weighted by Gasteiger charge is 2.47. The van der Waals surface area contributed by atoms with Crippen LogP contribution in [0, 0.1) is 5.82 Å². The number of epoxide rings is 1. The van der Waals surface area contributed by atoms with Gasteiger partial charge in [-0.15, -0.1) is 0 Å². The van der Waals surface area contributed by atoms with Gasteiger partial charge in [-0.3, -0.25) is 5.32 Å². The summed E-state index contributed by atoms with van der Waals surface area (Å²) in [6.07, 6.45) is -0.0147. The van der Waals surface area contributed by atoms with Crippen LogP contribution in [0.4, 0.5) is 9.18 Å². The number of halogens is 1. The molecule has 2 rings (SSSR count). The van der Waals surface area contributed by atoms with Crippen molar-refractivity contribution in [1.82, 2.24) is 5.32 Å². The third kappa shape index (κ3) is 4.21. The van der Waals surface area contributed by atoms with Crippen molar-refractivity contribution < 1.29 is 18.7 Å². The summed E-state index contributed by atoms with van der Waals surface area (Å²) in [6, 6.07) is 6.13. The molecule has 4 nitrogen and oxygen atoms in total. The summed E-state index contributed by atoms with van der Waals surface area (Å²) in [5, 5.41) is 2.71. The number of hydrogen-bond acceptors (Lipinski definition) is 3. The van der Waals surface area contributed by atoms with Gasteiger partial charge in [0.05, 0.1) is 6.61 Å². The van der Waals surface area contributed by atoms with Crippen LogP contribution in [0.15, 0.2) is 24.3 Å². The lowest BCUT2D eigenvalue weighted by molar-refractivity contribution is 0.0450. The molecule has 1 aliphatic rings. The molecule has 1 aromatic carbocycles. The van der Waals surface area contributed by atoms with Crippen LogP contribution < -0.4 is 5.32 Å². The molecule has 0 spiro atoms. The third-order valence-electron chi connectivity index (χ3n) is 2.62. The minimum absolute atomic E-state index is 0.283. The highest BCUT2D eigenvalue weighted by atomic mass is 19.1. The first kappa shape index (κ1) is 13.8. The van der Waals surface area contributed by atoms with Gasteiger partial charge in [0.25, 0.3) is 0 Å². The predicted octanol–water partition coefficient (Wildman–Crippen LogP) is 2.62. The summed E-state index contributed by atoms with van der Waals surface area (Å²) < 4.78 is 23.3. The van der Waals surface area contributed by atoms with Gasteiger partial charge in [0.15, 0.2) is 5.72 Å². The van der Waals surface area contributed by atoms with Gasteiger partial charge >= 0.3 is 6.09 Å². The zero-order valence-corrected chi connectivity index (χ0v) is 11.3. The molecule has 0 aromatic heterocycles. The molecule has 1 N–H and O–H groups in total. The van der Waals surface area contributed by atoms with Gasteiger partial charge in [0, 0.05) is 6.42 Å². The van der Waals surface area contributed by atoms with Crippen molar-refractivity contribution in [2.75, 3.05) is 6.61 Å². The molecule has 0 aliphatic carbocycles. The van der Waals surface area contributed by atoms with Crippen molar-refractivity contribution in [3.05, 3.63) is 35.6 Å². The molecule has 1 atom stereocenters. The van der Waals surface area contributed by atoms with E-state index in [2.05, 4.69) is 5.32 Å². The van der Waals surface area contributed by atoms with Crippen LogP contribution in [0.5, 0.6) is 0 Å². The first-order valence-electron chi connectivity index (χ1n) is 6.18. The Morgan fingerprint density at radius 1 is 1.42 bits per heavy atom. The van der Waals surface area contributed by atoms with Crippen molar-refractivity contribution in [1.29, 1.82) is 0 Å². The summed E-state index contributed by atoms with van der Waals surface area (Å²) in [5.74, 6) is -0.283. The van der Waals surface area contributed by atoms with Crippen LogP contribution >= 0.6 is 0 Å². The van der Waals surface area contributed by atoms with E-state index >= 15 is 0 Å². The molecule has 19 heavy (non-hydrogen) atoms. The average molecular weight is 267 g/mol. The number of ether oxygens (including phenoxy) is 2. The van der Waals surface area contributed by atoms with Gasteiger partial charge in [-0.2, -0.15) is 0 Å². The van der Waals surface area contributed by atoms with E-state index < -0.39 is 17.4 Å². The number of benzene rings is 1. The molecule has 1 aliphatic heterocycles. The van der Waals surface area contributed by atoms with Gasteiger partial charge in [0.2, 0.25) is 0 Å². The molecular weight excluding hydrogens is 249 g/mol. The number of rotatable bonds is 3. The highest BCUT2D eigenvalue weighted by Crippen LogP contribution is 2.28. The van der Waals surface area contributed by atoms with E-state index in [1.165, 1.54) is 12.1 Å². The largest absolute Gasteiger partial charge is 0.444 e. The fraction of sp³-hybridized carbons (Fsp3) is 0.500. The number of amides is 1. The lowest BCUT2D eigenvalue weighted by Crippen LogP contribution is -2.43. The smallest absolute Gasteiger partial charge is 0.409 e. The maximum absolute atomic E-state index is 12.8. The summed E-state index contributed by atoms with van der Waals surface area (Å²) in [5.41, 5.74) is -0.356. The average Bonchev–Trinajstić information content (AvgIpc) is 2.98. The number of carbonyl (C=O) groups excluding carboxylic acids is 1. The first-order valence-corrected chi connectivity index (χ1v) is 6.18. The minimum atomic E-state index is -0.708. The number of hydrogen-bond donors (Lipinski definition) is 1. The Hall–Kier alpha value is -1.62. The Morgan fingerprint density at radius 3 is 2.47 bits per heavy atom. The Labute approximate surface area is 111 Å². The van der Waals surface area contributed by atoms with E-state index in [0.29, 0.717) is 13.0 Å². The monoisotopic (exact) mass is 267 g/mol. The molecule has 104 valence electrons. The fourth-order valence-electron chi connectivity index (χ4n) is 1.73. The molecule has 0 saturated carbocycles. The molecule has 0 bridgehead atoms. The summed E-state index contributed by atoms with van der Waals surface area (Å²) >= 11 is 0. The molecule has 1 aromatic rings. The van der Waals surface area contributed by atoms with Gasteiger partial charge in [0.1, 0.15) is 11.4 Å². The van der Waals surface area contributed by atoms with Gasteiger partial charge in [-0.25, -0.2) is 9.18 Å². The SMILES string of the molecule is CC(C)(C)OC(=O)N[C@@]1(Cc2ccc(F)cc2)CO1. The van der Waals surface area contributed by atoms with Crippen LogP contribution in [0.2, 0.25) is 0 Å². The van der Waals surface area contributed by atoms with Gasteiger partial charge in [-0.1, -0.05) is 12.1 Å². The second kappa shape index (κ2) is 4.81. The number of nitrogens with one attached hydrogen (secondary N) is 1. The molecule has 0 unspecified atom stereocenters. The van der Waals surface area contributed by atoms with Crippen LogP contribution in [0.25, 0.3) is 0 Å². The highest BCUT2D eigenvalue weighted by molar-refractivity contribution is 5.69. The number of carbonyl (C=O) groups is 1. The molecule has 1 heterocycles. The summed E-state index contributed by atoms with van der Waals surface area (Å²) in [4.78, 5) is 11.7. The van der Waals surface area contributed by atoms with E-state index in [1.807, 2.05) is 0 Å². The number of alkyl carbamates (subject to hydrolysis) is 1. The molecular formula is C14H18FNO3. The van der Waals surface area contributed by atoms with Crippen molar-refractivity contribution in [2.45, 2.75) is 38.5 Å². The van der Waals surface area contributed by atoms with E-state index in [1.54, 1.807) is 32.9 Å². The summed E-state index contributed by atoms with van der Waals surface area (Å²) in [6.45, 7) is 5.83. The zero-order valence-electron chi connectivity index (χ0n) is 11.3. The molecule has 1 amide bonds. The molecule has 5 heteroatoms. The third-order valence-corrected chi connectivity index (χ3v) is 2.62. The molecule has 0 radical (unpaired) electrons. The second-order valence-electron chi connectivity index (χ2n) is 5.71. The standard InChI is InChI=1S/C14H18FNO3/c1-13(2,3)19-12(17)16-14(9-18-14)8-10-4-6-11(15)7-5-10/h4-7H,8-9H2,1-3H3,(H,16,17)/t14-/m1/s1. The first-order chi connectivity index (χ1) is 8.78. The van der Waals surface area contributed by atoms with Gasteiger partial charge < -0.3 is 9.47 Å². The maximum atomic E-state index is 12.8. The van der Waals surface area contributed by atoms with Crippen LogP contribution in [0.1, 0.15) is 26.3 Å². The Kier molecular flexibility index (Phi) is 3.49. The quantitative estimate of drug-likeness (QED) is 0.856. The van der Waals surface area contributed by atoms with E-state index in [4.69, 9.17) is 9.47 Å². The Bertz CT molecular complexity index is 461. The van der Waals surface area contributed by atoms with Crippen LogP contribution in [0.3, 0.4) is 0 Å². The molecule has 1 fully saturated rings. The molecule has 1 saturated heterocycles. The van der Waals surface area contributed by atoms with E-state index in [9.17, 15) is 9.18 Å². The van der Waals surface area contributed by atoms with Crippen LogP contribution in [-0.4, -0.2) is 24.0 Å². The lowest BCUT2D eigenvalue weighted by atomic mass is 10.1. The predicted molar refractivity (Wildman–Crippen MR) is 68.2 cm³/mol. The van der Waals surface area contributed by atoms with Gasteiger partial charge in [-0.05, 0) is 38.5 Å². The van der Waals surface area contributed by atoms with Crippen LogP contribution in [-0.2, 0) is 15.9 Å².